The van der Waals surface area contributed by atoms with Gasteiger partial charge in [0.25, 0.3) is 0 Å². The molecule has 3 rings (SSSR count). The molecule has 0 aliphatic carbocycles. The highest BCUT2D eigenvalue weighted by Crippen LogP contribution is 2.33. The second kappa shape index (κ2) is 7.27. The van der Waals surface area contributed by atoms with E-state index >= 15 is 0 Å². The summed E-state index contributed by atoms with van der Waals surface area (Å²) < 4.78 is 52.9. The summed E-state index contributed by atoms with van der Waals surface area (Å²) >= 11 is -1.44. The average molecular weight is 422 g/mol. The van der Waals surface area contributed by atoms with Gasteiger partial charge < -0.3 is 9.12 Å². The zero-order chi connectivity index (χ0) is 21.6. The number of alkyl halides is 3. The first kappa shape index (κ1) is 21.0. The van der Waals surface area contributed by atoms with Crippen LogP contribution in [0.1, 0.15) is 32.0 Å². The lowest BCUT2D eigenvalue weighted by molar-refractivity contribution is -0.141. The number of pyridine rings is 1. The minimum atomic E-state index is -4.64. The average Bonchev–Trinajstić information content (AvgIpc) is 3.02. The van der Waals surface area contributed by atoms with E-state index in [0.29, 0.717) is 16.2 Å². The van der Waals surface area contributed by atoms with Crippen molar-refractivity contribution >= 4 is 22.3 Å². The van der Waals surface area contributed by atoms with Gasteiger partial charge in [-0.15, -0.1) is 10.2 Å². The number of nitrogens with zero attached hydrogens (tertiary/aromatic N) is 6. The van der Waals surface area contributed by atoms with E-state index in [4.69, 9.17) is 0 Å². The van der Waals surface area contributed by atoms with Crippen molar-refractivity contribution in [2.75, 3.05) is 5.75 Å². The molecule has 0 radical (unpaired) electrons. The molecule has 1 unspecified atom stereocenters. The number of rotatable bonds is 4. The third-order valence-corrected chi connectivity index (χ3v) is 5.81. The summed E-state index contributed by atoms with van der Waals surface area (Å²) in [6.45, 7) is 5.16. The number of imidazole rings is 1. The van der Waals surface area contributed by atoms with E-state index in [2.05, 4.69) is 26.2 Å². The van der Waals surface area contributed by atoms with E-state index < -0.39 is 28.5 Å². The van der Waals surface area contributed by atoms with Gasteiger partial charge >= 0.3 is 6.18 Å². The zero-order valence-electron chi connectivity index (χ0n) is 16.1. The predicted molar refractivity (Wildman–Crippen MR) is 100 cm³/mol. The first-order valence-corrected chi connectivity index (χ1v) is 9.89. The first-order valence-electron chi connectivity index (χ1n) is 8.57. The van der Waals surface area contributed by atoms with Crippen LogP contribution in [0.5, 0.6) is 0 Å². The summed E-state index contributed by atoms with van der Waals surface area (Å²) in [5, 5.41) is 16.2. The van der Waals surface area contributed by atoms with Gasteiger partial charge in [0.05, 0.1) is 11.5 Å². The van der Waals surface area contributed by atoms with Crippen LogP contribution < -0.4 is 0 Å². The van der Waals surface area contributed by atoms with Crippen molar-refractivity contribution in [2.45, 2.75) is 37.3 Å². The van der Waals surface area contributed by atoms with Crippen molar-refractivity contribution in [3.05, 3.63) is 29.6 Å². The molecule has 0 fully saturated rings. The molecule has 3 aromatic heterocycles. The summed E-state index contributed by atoms with van der Waals surface area (Å²) in [7, 11) is 1.57. The highest BCUT2D eigenvalue weighted by atomic mass is 32.2. The Hall–Kier alpha value is -2.71. The molecule has 11 heteroatoms. The fourth-order valence-corrected chi connectivity index (χ4v) is 3.61. The van der Waals surface area contributed by atoms with E-state index in [1.165, 1.54) is 10.8 Å². The van der Waals surface area contributed by atoms with Gasteiger partial charge in [0, 0.05) is 25.4 Å². The number of aryl methyl sites for hydroxylation is 1. The summed E-state index contributed by atoms with van der Waals surface area (Å²) in [4.78, 5) is 8.96. The van der Waals surface area contributed by atoms with Crippen molar-refractivity contribution < 1.29 is 17.7 Å². The molecule has 29 heavy (non-hydrogen) atoms. The van der Waals surface area contributed by atoms with Crippen LogP contribution in [0, 0.1) is 11.3 Å². The molecule has 0 spiro atoms. The van der Waals surface area contributed by atoms with Gasteiger partial charge in [-0.05, 0) is 37.5 Å². The quantitative estimate of drug-likeness (QED) is 0.597. The number of fused-ring (bicyclic) bond motifs is 1. The lowest BCUT2D eigenvalue weighted by atomic mass is 9.87. The van der Waals surface area contributed by atoms with Gasteiger partial charge in [0.2, 0.25) is 0 Å². The summed E-state index contributed by atoms with van der Waals surface area (Å²) in [5.41, 5.74) is -1.01. The Labute approximate surface area is 167 Å². The molecule has 0 aliphatic heterocycles. The minimum absolute atomic E-state index is 0.00119. The van der Waals surface area contributed by atoms with Gasteiger partial charge in [-0.25, -0.2) is 9.97 Å². The molecular weight excluding hydrogens is 405 g/mol. The van der Waals surface area contributed by atoms with Crippen molar-refractivity contribution in [3.8, 4) is 17.6 Å². The van der Waals surface area contributed by atoms with Crippen LogP contribution in [0.2, 0.25) is 0 Å². The Morgan fingerprint density at radius 1 is 1.24 bits per heavy atom. The van der Waals surface area contributed by atoms with Gasteiger partial charge in [0.1, 0.15) is 11.3 Å². The lowest BCUT2D eigenvalue weighted by Crippen LogP contribution is -2.17. The Kier molecular flexibility index (Phi) is 5.27. The number of hydrogen-bond donors (Lipinski definition) is 0. The molecule has 152 valence electrons. The van der Waals surface area contributed by atoms with Crippen molar-refractivity contribution in [3.63, 3.8) is 0 Å². The third-order valence-electron chi connectivity index (χ3n) is 4.48. The first-order chi connectivity index (χ1) is 13.5. The second-order valence-electron chi connectivity index (χ2n) is 6.87. The fraction of sp³-hybridized carbons (Fsp3) is 0.389. The highest BCUT2D eigenvalue weighted by molar-refractivity contribution is 7.91. The maximum atomic E-state index is 12.9. The van der Waals surface area contributed by atoms with Crippen LogP contribution in [0.3, 0.4) is 0 Å². The smallest absolute Gasteiger partial charge is 0.435 e. The Bertz CT molecular complexity index is 1120. The molecular formula is C18H17F3N6OS. The predicted octanol–water partition coefficient (Wildman–Crippen LogP) is 3.37. The molecule has 0 aromatic carbocycles. The largest absolute Gasteiger partial charge is 0.611 e. The molecule has 1 atom stereocenters. The normalized spacial score (nSPS) is 13.5. The molecule has 7 nitrogen and oxygen atoms in total. The van der Waals surface area contributed by atoms with Crippen molar-refractivity contribution in [2.24, 2.45) is 7.05 Å². The van der Waals surface area contributed by atoms with Crippen LogP contribution >= 0.6 is 0 Å². The number of aromatic nitrogens is 5. The van der Waals surface area contributed by atoms with E-state index in [1.807, 2.05) is 0 Å². The SMILES string of the molecule is CC[S+]([O-])c1cc(C(C)(C)C#N)cnc1-c1nc2cc(C(F)(F)F)nnc2n1C. The molecule has 0 amide bonds. The van der Waals surface area contributed by atoms with Crippen LogP contribution in [-0.2, 0) is 29.8 Å². The number of halogens is 3. The number of hydrogen-bond acceptors (Lipinski definition) is 6. The van der Waals surface area contributed by atoms with Crippen LogP contribution in [-0.4, -0.2) is 35.0 Å². The van der Waals surface area contributed by atoms with Gasteiger partial charge in [-0.3, -0.25) is 0 Å². The maximum absolute atomic E-state index is 12.9. The Morgan fingerprint density at radius 2 is 1.93 bits per heavy atom. The van der Waals surface area contributed by atoms with Crippen molar-refractivity contribution in [1.29, 1.82) is 5.26 Å². The lowest BCUT2D eigenvalue weighted by Gasteiger charge is -2.18. The topological polar surface area (TPSA) is 103 Å². The third kappa shape index (κ3) is 3.77. The summed E-state index contributed by atoms with van der Waals surface area (Å²) in [5.74, 6) is 0.513. The monoisotopic (exact) mass is 422 g/mol. The summed E-state index contributed by atoms with van der Waals surface area (Å²) in [6.07, 6.45) is -3.16. The van der Waals surface area contributed by atoms with E-state index in [-0.39, 0.29) is 22.7 Å². The fourth-order valence-electron chi connectivity index (χ4n) is 2.68. The molecule has 0 saturated heterocycles. The standard InChI is InChI=1S/C18H17F3N6OS/c1-5-29(28)12-6-10(17(2,3)9-22)8-23-14(12)16-24-11-7-13(18(19,20)21)25-26-15(11)27(16)4/h6-8H,5H2,1-4H3. The second-order valence-corrected chi connectivity index (χ2v) is 8.58. The number of nitriles is 1. The van der Waals surface area contributed by atoms with Crippen LogP contribution in [0.25, 0.3) is 22.7 Å². The van der Waals surface area contributed by atoms with Gasteiger partial charge in [-0.1, -0.05) is 0 Å². The molecule has 3 aromatic rings. The maximum Gasteiger partial charge on any atom is 0.435 e. The molecule has 0 saturated carbocycles. The Morgan fingerprint density at radius 3 is 2.52 bits per heavy atom. The van der Waals surface area contributed by atoms with E-state index in [0.717, 1.165) is 6.07 Å². The van der Waals surface area contributed by atoms with Crippen LogP contribution in [0.4, 0.5) is 13.2 Å². The molecule has 0 N–H and O–H groups in total. The van der Waals surface area contributed by atoms with Gasteiger partial charge in [-0.2, -0.15) is 18.4 Å². The van der Waals surface area contributed by atoms with Gasteiger partial charge in [0.15, 0.2) is 27.8 Å². The minimum Gasteiger partial charge on any atom is -0.611 e. The molecule has 3 heterocycles. The summed E-state index contributed by atoms with van der Waals surface area (Å²) in [6, 6.07) is 4.62. The highest BCUT2D eigenvalue weighted by Gasteiger charge is 2.34. The van der Waals surface area contributed by atoms with Crippen molar-refractivity contribution in [1.82, 2.24) is 24.7 Å². The van der Waals surface area contributed by atoms with E-state index in [9.17, 15) is 23.0 Å². The van der Waals surface area contributed by atoms with E-state index in [1.54, 1.807) is 33.9 Å². The van der Waals surface area contributed by atoms with Crippen LogP contribution in [0.15, 0.2) is 23.2 Å². The zero-order valence-corrected chi connectivity index (χ0v) is 16.9. The Balaban J connectivity index is 2.23. The molecule has 0 aliphatic rings. The molecule has 0 bridgehead atoms.